The highest BCUT2D eigenvalue weighted by Crippen LogP contribution is 2.32. The molecule has 0 heterocycles. The Bertz CT molecular complexity index is 1040. The highest BCUT2D eigenvalue weighted by Gasteiger charge is 2.37. The number of nitrogens with two attached hydrogens (primary N) is 1. The fourth-order valence-corrected chi connectivity index (χ4v) is 3.06. The number of nitrogens with zero attached hydrogens (tertiary/aromatic N) is 1. The average molecular weight is 505 g/mol. The smallest absolute Gasteiger partial charge is 0.408 e. The predicted molar refractivity (Wildman–Crippen MR) is 128 cm³/mol. The molecule has 0 aliphatic carbocycles. The summed E-state index contributed by atoms with van der Waals surface area (Å²) >= 11 is 0. The third kappa shape index (κ3) is 8.83. The normalized spacial score (nSPS) is 12.3. The molecule has 0 saturated carbocycles. The van der Waals surface area contributed by atoms with Gasteiger partial charge in [0.25, 0.3) is 5.91 Å². The number of nitrogens with one attached hydrogen (secondary N) is 2. The van der Waals surface area contributed by atoms with E-state index in [-0.39, 0.29) is 24.2 Å². The number of hydrogen-bond acceptors (Lipinski definition) is 8. The number of carbonyl (C=O) groups excluding carboxylic acids is 5. The number of para-hydroxylation sites is 1. The van der Waals surface area contributed by atoms with Crippen LogP contribution in [0.25, 0.3) is 0 Å². The molecule has 196 valence electrons. The van der Waals surface area contributed by atoms with Crippen LogP contribution < -0.4 is 16.4 Å². The first-order chi connectivity index (χ1) is 16.7. The third-order valence-electron chi connectivity index (χ3n) is 4.75. The summed E-state index contributed by atoms with van der Waals surface area (Å²) in [6, 6.07) is 3.57. The van der Waals surface area contributed by atoms with E-state index in [0.717, 1.165) is 7.11 Å². The summed E-state index contributed by atoms with van der Waals surface area (Å²) in [4.78, 5) is 62.6. The van der Waals surface area contributed by atoms with Crippen LogP contribution in [-0.4, -0.2) is 65.1 Å². The lowest BCUT2D eigenvalue weighted by Crippen LogP contribution is -2.52. The topological polar surface area (TPSA) is 177 Å². The predicted octanol–water partition coefficient (Wildman–Crippen LogP) is 0.609. The lowest BCUT2D eigenvalue weighted by Gasteiger charge is -2.30. The summed E-state index contributed by atoms with van der Waals surface area (Å²) in [6.45, 7) is 5.88. The van der Waals surface area contributed by atoms with Gasteiger partial charge in [-0.3, -0.25) is 24.1 Å². The second-order valence-corrected chi connectivity index (χ2v) is 8.75. The van der Waals surface area contributed by atoms with Gasteiger partial charge in [-0.1, -0.05) is 24.6 Å². The Morgan fingerprint density at radius 2 is 1.86 bits per heavy atom. The quantitative estimate of drug-likeness (QED) is 0.203. The fourth-order valence-electron chi connectivity index (χ4n) is 3.06. The summed E-state index contributed by atoms with van der Waals surface area (Å²) in [5, 5.41) is 15.3. The molecule has 2 atom stereocenters. The number of phenols is 1. The van der Waals surface area contributed by atoms with Crippen molar-refractivity contribution in [3.8, 4) is 18.2 Å². The molecule has 1 aromatic rings. The maximum atomic E-state index is 13.5. The minimum Gasteiger partial charge on any atom is -0.507 e. The number of benzene rings is 1. The third-order valence-corrected chi connectivity index (χ3v) is 4.75. The van der Waals surface area contributed by atoms with E-state index >= 15 is 0 Å². The van der Waals surface area contributed by atoms with Gasteiger partial charge < -0.3 is 30.9 Å². The number of methoxy groups -OCH3 is 1. The van der Waals surface area contributed by atoms with Gasteiger partial charge in [0.1, 0.15) is 23.9 Å². The molecule has 4 amide bonds. The second kappa shape index (κ2) is 13.0. The van der Waals surface area contributed by atoms with Crippen LogP contribution in [0.5, 0.6) is 5.75 Å². The van der Waals surface area contributed by atoms with Crippen molar-refractivity contribution in [3.05, 3.63) is 29.3 Å². The van der Waals surface area contributed by atoms with E-state index in [1.54, 1.807) is 33.8 Å². The van der Waals surface area contributed by atoms with Crippen LogP contribution in [0.2, 0.25) is 0 Å². The summed E-state index contributed by atoms with van der Waals surface area (Å²) in [6.07, 6.45) is 4.11. The number of alkyl carbamates (subject to hydrolysis) is 1. The van der Waals surface area contributed by atoms with Crippen molar-refractivity contribution < 1.29 is 38.6 Å². The average Bonchev–Trinajstić information content (AvgIpc) is 2.78. The Balaban J connectivity index is 3.46. The van der Waals surface area contributed by atoms with Crippen molar-refractivity contribution in [1.82, 2.24) is 15.5 Å². The van der Waals surface area contributed by atoms with Crippen molar-refractivity contribution in [3.63, 3.8) is 0 Å². The first-order valence-corrected chi connectivity index (χ1v) is 10.9. The summed E-state index contributed by atoms with van der Waals surface area (Å²) in [7, 11) is 1.13. The van der Waals surface area contributed by atoms with Crippen LogP contribution in [0, 0.1) is 19.4 Å². The lowest BCUT2D eigenvalue weighted by atomic mass is 9.99. The maximum absolute atomic E-state index is 13.5. The number of ether oxygens (including phenoxy) is 2. The largest absolute Gasteiger partial charge is 0.507 e. The number of esters is 1. The zero-order chi connectivity index (χ0) is 27.6. The summed E-state index contributed by atoms with van der Waals surface area (Å²) in [5.74, 6) is -3.67. The number of rotatable bonds is 10. The Hall–Kier alpha value is -4.27. The molecule has 12 heteroatoms. The molecule has 12 nitrogen and oxygen atoms in total. The molecule has 5 N–H and O–H groups in total. The number of aromatic hydroxyl groups is 1. The Morgan fingerprint density at radius 1 is 1.22 bits per heavy atom. The van der Waals surface area contributed by atoms with Gasteiger partial charge in [0, 0.05) is 18.0 Å². The molecule has 0 saturated heterocycles. The number of amides is 4. The number of carbonyl (C=O) groups is 5. The minimum absolute atomic E-state index is 0.0328. The number of phenolic OH excluding ortho intramolecular Hbond substituents is 1. The molecule has 0 aliphatic rings. The van der Waals surface area contributed by atoms with E-state index < -0.39 is 54.0 Å². The molecule has 0 aliphatic heterocycles. The van der Waals surface area contributed by atoms with E-state index in [2.05, 4.69) is 21.4 Å². The SMILES string of the molecule is C#CN(C(=O)C(CCC(N)=O)NC(=O)OC(C)(C)C)C(C(=O)NCC(=O)OC)c1cccc(C)c1O. The first-order valence-electron chi connectivity index (χ1n) is 10.9. The van der Waals surface area contributed by atoms with Gasteiger partial charge in [0.15, 0.2) is 6.04 Å². The molecular formula is C24H32N4O8. The maximum Gasteiger partial charge on any atom is 0.408 e. The lowest BCUT2D eigenvalue weighted by molar-refractivity contribution is -0.142. The molecule has 0 bridgehead atoms. The molecule has 0 radical (unpaired) electrons. The van der Waals surface area contributed by atoms with E-state index in [4.69, 9.17) is 16.9 Å². The molecule has 36 heavy (non-hydrogen) atoms. The van der Waals surface area contributed by atoms with E-state index in [9.17, 15) is 29.1 Å². The molecule has 0 spiro atoms. The van der Waals surface area contributed by atoms with E-state index in [1.807, 2.05) is 0 Å². The van der Waals surface area contributed by atoms with Gasteiger partial charge >= 0.3 is 12.1 Å². The van der Waals surface area contributed by atoms with Crippen molar-refractivity contribution in [1.29, 1.82) is 0 Å². The molecule has 2 unspecified atom stereocenters. The van der Waals surface area contributed by atoms with Crippen LogP contribution >= 0.6 is 0 Å². The van der Waals surface area contributed by atoms with Crippen molar-refractivity contribution >= 4 is 29.8 Å². The van der Waals surface area contributed by atoms with Gasteiger partial charge in [0.05, 0.1) is 7.11 Å². The molecule has 1 rings (SSSR count). The number of terminal acetylenes is 1. The van der Waals surface area contributed by atoms with Gasteiger partial charge in [0.2, 0.25) is 11.8 Å². The fraction of sp³-hybridized carbons (Fsp3) is 0.458. The van der Waals surface area contributed by atoms with Crippen molar-refractivity contribution in [2.45, 2.75) is 58.2 Å². The monoisotopic (exact) mass is 504 g/mol. The minimum atomic E-state index is -1.61. The summed E-state index contributed by atoms with van der Waals surface area (Å²) in [5.41, 5.74) is 4.67. The molecule has 0 aromatic heterocycles. The van der Waals surface area contributed by atoms with Crippen molar-refractivity contribution in [2.75, 3.05) is 13.7 Å². The summed E-state index contributed by atoms with van der Waals surface area (Å²) < 4.78 is 9.69. The van der Waals surface area contributed by atoms with Crippen LogP contribution in [0.3, 0.4) is 0 Å². The van der Waals surface area contributed by atoms with Crippen LogP contribution in [-0.2, 0) is 28.7 Å². The standard InChI is InChI=1S/C24H32N4O8/c1-7-28(22(33)16(11-12-17(25)29)27-23(34)36-24(3,4)5)19(21(32)26-13-18(30)35-6)15-10-8-9-14(2)20(15)31/h1,8-10,16,19,31H,11-13H2,2-6H3,(H2,25,29)(H,26,32)(H,27,34). The number of aryl methyl sites for hydroxylation is 1. The Morgan fingerprint density at radius 3 is 2.39 bits per heavy atom. The van der Waals surface area contributed by atoms with Crippen LogP contribution in [0.4, 0.5) is 4.79 Å². The zero-order valence-corrected chi connectivity index (χ0v) is 20.9. The highest BCUT2D eigenvalue weighted by molar-refractivity contribution is 5.94. The van der Waals surface area contributed by atoms with Gasteiger partial charge in [-0.25, -0.2) is 4.79 Å². The van der Waals surface area contributed by atoms with Crippen LogP contribution in [0.15, 0.2) is 18.2 Å². The van der Waals surface area contributed by atoms with Gasteiger partial charge in [-0.2, -0.15) is 0 Å². The second-order valence-electron chi connectivity index (χ2n) is 8.75. The van der Waals surface area contributed by atoms with Crippen LogP contribution in [0.1, 0.15) is 50.8 Å². The zero-order valence-electron chi connectivity index (χ0n) is 20.9. The van der Waals surface area contributed by atoms with Gasteiger partial charge in [-0.05, 0) is 39.7 Å². The number of primary amides is 1. The van der Waals surface area contributed by atoms with E-state index in [1.165, 1.54) is 12.1 Å². The Labute approximate surface area is 209 Å². The Kier molecular flexibility index (Phi) is 10.7. The van der Waals surface area contributed by atoms with E-state index in [0.29, 0.717) is 10.5 Å². The molecule has 1 aromatic carbocycles. The number of hydrogen-bond donors (Lipinski definition) is 4. The molecule has 0 fully saturated rings. The first kappa shape index (κ1) is 29.8. The highest BCUT2D eigenvalue weighted by atomic mass is 16.6. The van der Waals surface area contributed by atoms with Crippen molar-refractivity contribution in [2.24, 2.45) is 5.73 Å². The van der Waals surface area contributed by atoms with Gasteiger partial charge in [-0.15, -0.1) is 0 Å². The molecular weight excluding hydrogens is 472 g/mol.